The molecule has 2 aromatic carbocycles. The molecule has 4 rings (SSSR count). The van der Waals surface area contributed by atoms with E-state index in [1.807, 2.05) is 74.5 Å². The topological polar surface area (TPSA) is 85.4 Å². The van der Waals surface area contributed by atoms with Crippen molar-refractivity contribution < 1.29 is 14.3 Å². The normalized spacial score (nSPS) is 10.6. The number of pyridine rings is 2. The van der Waals surface area contributed by atoms with Gasteiger partial charge in [-0.25, -0.2) is 9.78 Å². The zero-order valence-electron chi connectivity index (χ0n) is 18.2. The number of benzene rings is 2. The average Bonchev–Trinajstić information content (AvgIpc) is 2.79. The van der Waals surface area contributed by atoms with E-state index in [1.165, 1.54) is 7.11 Å². The van der Waals surface area contributed by atoms with Crippen LogP contribution in [0.5, 0.6) is 17.4 Å². The van der Waals surface area contributed by atoms with Gasteiger partial charge in [0.1, 0.15) is 17.2 Å². The van der Waals surface area contributed by atoms with Gasteiger partial charge in [0.05, 0.1) is 12.6 Å². The summed E-state index contributed by atoms with van der Waals surface area (Å²) in [5.41, 5.74) is 4.13. The van der Waals surface area contributed by atoms with E-state index in [9.17, 15) is 4.79 Å². The number of nitrogens with zero attached hydrogens (tertiary/aromatic N) is 2. The Morgan fingerprint density at radius 2 is 1.88 bits per heavy atom. The van der Waals surface area contributed by atoms with Crippen LogP contribution in [0.25, 0.3) is 10.9 Å². The number of urea groups is 1. The second kappa shape index (κ2) is 9.34. The van der Waals surface area contributed by atoms with Crippen LogP contribution in [0.1, 0.15) is 16.8 Å². The summed E-state index contributed by atoms with van der Waals surface area (Å²) in [6.45, 7) is 4.26. The zero-order chi connectivity index (χ0) is 22.5. The first kappa shape index (κ1) is 21.1. The fourth-order valence-corrected chi connectivity index (χ4v) is 3.34. The standard InChI is InChI=1S/C25H24N4O3/c1-16-12-18(8-9-23(16)32-20-10-11-26-17(2)13-20)15-27-25(30)29-22-14-19-6-4-5-7-21(19)28-24(22)31-3/h4-14H,15H2,1-3H3,(H2,27,29,30). The maximum absolute atomic E-state index is 12.5. The number of rotatable bonds is 6. The van der Waals surface area contributed by atoms with E-state index in [-0.39, 0.29) is 6.03 Å². The quantitative estimate of drug-likeness (QED) is 0.431. The van der Waals surface area contributed by atoms with Gasteiger partial charge in [0.15, 0.2) is 0 Å². The van der Waals surface area contributed by atoms with Crippen LogP contribution < -0.4 is 20.1 Å². The van der Waals surface area contributed by atoms with E-state index in [1.54, 1.807) is 6.20 Å². The van der Waals surface area contributed by atoms with Gasteiger partial charge >= 0.3 is 6.03 Å². The van der Waals surface area contributed by atoms with Gasteiger partial charge in [0, 0.05) is 29.9 Å². The Hall–Kier alpha value is -4.13. The van der Waals surface area contributed by atoms with Crippen LogP contribution in [-0.4, -0.2) is 23.1 Å². The molecule has 32 heavy (non-hydrogen) atoms. The van der Waals surface area contributed by atoms with Crippen LogP contribution in [0.4, 0.5) is 10.5 Å². The van der Waals surface area contributed by atoms with Gasteiger partial charge in [0.2, 0.25) is 5.88 Å². The highest BCUT2D eigenvalue weighted by Crippen LogP contribution is 2.27. The van der Waals surface area contributed by atoms with Crippen molar-refractivity contribution in [2.75, 3.05) is 12.4 Å². The molecule has 0 spiro atoms. The number of aryl methyl sites for hydroxylation is 2. The highest BCUT2D eigenvalue weighted by molar-refractivity contribution is 5.94. The smallest absolute Gasteiger partial charge is 0.319 e. The molecule has 7 nitrogen and oxygen atoms in total. The third kappa shape index (κ3) is 4.95. The summed E-state index contributed by atoms with van der Waals surface area (Å²) in [5.74, 6) is 1.86. The molecule has 162 valence electrons. The van der Waals surface area contributed by atoms with Crippen LogP contribution in [0.3, 0.4) is 0 Å². The maximum Gasteiger partial charge on any atom is 0.319 e. The second-order valence-electron chi connectivity index (χ2n) is 7.38. The first-order chi connectivity index (χ1) is 15.5. The number of hydrogen-bond donors (Lipinski definition) is 2. The average molecular weight is 428 g/mol. The molecule has 0 aliphatic carbocycles. The molecule has 0 aliphatic heterocycles. The summed E-state index contributed by atoms with van der Waals surface area (Å²) in [7, 11) is 1.53. The Balaban J connectivity index is 1.40. The number of methoxy groups -OCH3 is 1. The fraction of sp³-hybridized carbons (Fsp3) is 0.160. The minimum Gasteiger partial charge on any atom is -0.479 e. The van der Waals surface area contributed by atoms with Gasteiger partial charge in [-0.2, -0.15) is 0 Å². The molecule has 2 amide bonds. The Morgan fingerprint density at radius 1 is 1.03 bits per heavy atom. The van der Waals surface area contributed by atoms with Gasteiger partial charge in [-0.3, -0.25) is 4.98 Å². The fourth-order valence-electron chi connectivity index (χ4n) is 3.34. The first-order valence-corrected chi connectivity index (χ1v) is 10.2. The molecule has 0 bridgehead atoms. The molecule has 2 heterocycles. The van der Waals surface area contributed by atoms with Crippen molar-refractivity contribution in [2.24, 2.45) is 0 Å². The summed E-state index contributed by atoms with van der Waals surface area (Å²) >= 11 is 0. The lowest BCUT2D eigenvalue weighted by atomic mass is 10.1. The van der Waals surface area contributed by atoms with E-state index in [0.717, 1.165) is 39.2 Å². The highest BCUT2D eigenvalue weighted by atomic mass is 16.5. The SMILES string of the molecule is COc1nc2ccccc2cc1NC(=O)NCc1ccc(Oc2ccnc(C)c2)c(C)c1. The summed E-state index contributed by atoms with van der Waals surface area (Å²) in [6, 6.07) is 18.7. The van der Waals surface area contributed by atoms with E-state index in [4.69, 9.17) is 9.47 Å². The summed E-state index contributed by atoms with van der Waals surface area (Å²) in [5, 5.41) is 6.60. The molecule has 0 unspecified atom stereocenters. The molecule has 2 aromatic heterocycles. The van der Waals surface area contributed by atoms with Gasteiger partial charge in [-0.15, -0.1) is 0 Å². The number of fused-ring (bicyclic) bond motifs is 1. The van der Waals surface area contributed by atoms with Crippen LogP contribution in [0, 0.1) is 13.8 Å². The number of amides is 2. The first-order valence-electron chi connectivity index (χ1n) is 10.2. The van der Waals surface area contributed by atoms with Gasteiger partial charge in [-0.05, 0) is 49.2 Å². The number of hydrogen-bond acceptors (Lipinski definition) is 5. The van der Waals surface area contributed by atoms with Gasteiger partial charge in [-0.1, -0.05) is 30.3 Å². The molecular formula is C25H24N4O3. The van der Waals surface area contributed by atoms with Crippen LogP contribution >= 0.6 is 0 Å². The number of carbonyl (C=O) groups excluding carboxylic acids is 1. The van der Waals surface area contributed by atoms with E-state index >= 15 is 0 Å². The monoisotopic (exact) mass is 428 g/mol. The lowest BCUT2D eigenvalue weighted by Gasteiger charge is -2.13. The molecule has 0 saturated carbocycles. The van der Waals surface area contributed by atoms with Gasteiger partial charge in [0.25, 0.3) is 0 Å². The van der Waals surface area contributed by atoms with Crippen molar-refractivity contribution >= 4 is 22.6 Å². The van der Waals surface area contributed by atoms with E-state index in [2.05, 4.69) is 20.6 Å². The van der Waals surface area contributed by atoms with E-state index < -0.39 is 0 Å². The maximum atomic E-state index is 12.5. The minimum atomic E-state index is -0.342. The number of nitrogens with one attached hydrogen (secondary N) is 2. The van der Waals surface area contributed by atoms with Crippen molar-refractivity contribution in [3.63, 3.8) is 0 Å². The molecule has 0 aliphatic rings. The predicted molar refractivity (Wildman–Crippen MR) is 124 cm³/mol. The molecular weight excluding hydrogens is 404 g/mol. The summed E-state index contributed by atoms with van der Waals surface area (Å²) < 4.78 is 11.3. The molecule has 0 radical (unpaired) electrons. The predicted octanol–water partition coefficient (Wildman–Crippen LogP) is 5.37. The molecule has 7 heteroatoms. The highest BCUT2D eigenvalue weighted by Gasteiger charge is 2.11. The third-order valence-electron chi connectivity index (χ3n) is 4.92. The number of aromatic nitrogens is 2. The van der Waals surface area contributed by atoms with Crippen molar-refractivity contribution in [1.82, 2.24) is 15.3 Å². The lowest BCUT2D eigenvalue weighted by molar-refractivity contribution is 0.251. The number of ether oxygens (including phenoxy) is 2. The molecule has 0 atom stereocenters. The molecule has 0 fully saturated rings. The van der Waals surface area contributed by atoms with Crippen LogP contribution in [0.2, 0.25) is 0 Å². The minimum absolute atomic E-state index is 0.342. The lowest BCUT2D eigenvalue weighted by Crippen LogP contribution is -2.28. The van der Waals surface area contributed by atoms with Crippen molar-refractivity contribution in [3.05, 3.63) is 83.7 Å². The van der Waals surface area contributed by atoms with Crippen molar-refractivity contribution in [1.29, 1.82) is 0 Å². The number of anilines is 1. The number of para-hydroxylation sites is 1. The van der Waals surface area contributed by atoms with Crippen LogP contribution in [0.15, 0.2) is 66.9 Å². The summed E-state index contributed by atoms with van der Waals surface area (Å²) in [6.07, 6.45) is 1.72. The van der Waals surface area contributed by atoms with Crippen molar-refractivity contribution in [2.45, 2.75) is 20.4 Å². The van der Waals surface area contributed by atoms with Crippen molar-refractivity contribution in [3.8, 4) is 17.4 Å². The molecule has 4 aromatic rings. The summed E-state index contributed by atoms with van der Waals surface area (Å²) in [4.78, 5) is 21.1. The molecule has 0 saturated heterocycles. The molecule has 2 N–H and O–H groups in total. The Kier molecular flexibility index (Phi) is 6.17. The largest absolute Gasteiger partial charge is 0.479 e. The Labute approximate surface area is 186 Å². The van der Waals surface area contributed by atoms with E-state index in [0.29, 0.717) is 18.1 Å². The Morgan fingerprint density at radius 3 is 2.66 bits per heavy atom. The third-order valence-corrected chi connectivity index (χ3v) is 4.92. The zero-order valence-corrected chi connectivity index (χ0v) is 18.2. The van der Waals surface area contributed by atoms with Gasteiger partial charge < -0.3 is 20.1 Å². The van der Waals surface area contributed by atoms with Crippen LogP contribution in [-0.2, 0) is 6.54 Å². The second-order valence-corrected chi connectivity index (χ2v) is 7.38. The number of carbonyl (C=O) groups is 1. The Bertz CT molecular complexity index is 1270.